The Morgan fingerprint density at radius 3 is 2.78 bits per heavy atom. The molecule has 0 bridgehead atoms. The number of piperidine rings is 1. The fourth-order valence-electron chi connectivity index (χ4n) is 2.75. The van der Waals surface area contributed by atoms with Crippen molar-refractivity contribution >= 4 is 11.3 Å². The summed E-state index contributed by atoms with van der Waals surface area (Å²) in [5.41, 5.74) is 10.1. The predicted molar refractivity (Wildman–Crippen MR) is 73.5 cm³/mol. The summed E-state index contributed by atoms with van der Waals surface area (Å²) < 4.78 is 2.14. The minimum atomic E-state index is 0.791. The SMILES string of the molecule is Cc1nc2ccc(N)cn2c1CN1CCCCC1. The molecule has 0 saturated carbocycles. The van der Waals surface area contributed by atoms with Crippen molar-refractivity contribution < 1.29 is 0 Å². The van der Waals surface area contributed by atoms with E-state index in [0.717, 1.165) is 23.6 Å². The molecular weight excluding hydrogens is 224 g/mol. The van der Waals surface area contributed by atoms with Gasteiger partial charge in [-0.1, -0.05) is 6.42 Å². The molecular formula is C14H20N4. The quantitative estimate of drug-likeness (QED) is 0.881. The van der Waals surface area contributed by atoms with Gasteiger partial charge in [0.15, 0.2) is 0 Å². The number of imidazole rings is 1. The number of hydrogen-bond acceptors (Lipinski definition) is 3. The zero-order chi connectivity index (χ0) is 12.5. The second kappa shape index (κ2) is 4.61. The smallest absolute Gasteiger partial charge is 0.137 e. The summed E-state index contributed by atoms with van der Waals surface area (Å²) in [6.45, 7) is 5.48. The van der Waals surface area contributed by atoms with Crippen LogP contribution < -0.4 is 5.73 Å². The molecule has 1 aliphatic heterocycles. The molecule has 0 amide bonds. The molecule has 0 aromatic carbocycles. The Hall–Kier alpha value is -1.55. The van der Waals surface area contributed by atoms with Gasteiger partial charge in [0.25, 0.3) is 0 Å². The summed E-state index contributed by atoms with van der Waals surface area (Å²) in [4.78, 5) is 7.12. The van der Waals surface area contributed by atoms with E-state index >= 15 is 0 Å². The lowest BCUT2D eigenvalue weighted by molar-refractivity contribution is 0.217. The van der Waals surface area contributed by atoms with Gasteiger partial charge in [0.2, 0.25) is 0 Å². The van der Waals surface area contributed by atoms with Crippen LogP contribution in [0.2, 0.25) is 0 Å². The van der Waals surface area contributed by atoms with Crippen molar-refractivity contribution in [2.24, 2.45) is 0 Å². The first-order valence-corrected chi connectivity index (χ1v) is 6.69. The summed E-state index contributed by atoms with van der Waals surface area (Å²) in [6, 6.07) is 3.90. The maximum Gasteiger partial charge on any atom is 0.137 e. The molecule has 1 aliphatic rings. The number of rotatable bonds is 2. The highest BCUT2D eigenvalue weighted by Crippen LogP contribution is 2.18. The van der Waals surface area contributed by atoms with Crippen molar-refractivity contribution in [3.8, 4) is 0 Å². The van der Waals surface area contributed by atoms with Gasteiger partial charge in [0.1, 0.15) is 5.65 Å². The van der Waals surface area contributed by atoms with E-state index in [4.69, 9.17) is 5.73 Å². The first-order valence-electron chi connectivity index (χ1n) is 6.69. The van der Waals surface area contributed by atoms with Crippen LogP contribution in [0, 0.1) is 6.92 Å². The molecule has 3 heterocycles. The van der Waals surface area contributed by atoms with E-state index in [1.165, 1.54) is 38.0 Å². The lowest BCUT2D eigenvalue weighted by Gasteiger charge is -2.26. The van der Waals surface area contributed by atoms with Gasteiger partial charge in [0.05, 0.1) is 11.4 Å². The molecule has 4 heteroatoms. The van der Waals surface area contributed by atoms with Crippen LogP contribution in [0.1, 0.15) is 30.7 Å². The highest BCUT2D eigenvalue weighted by atomic mass is 15.2. The van der Waals surface area contributed by atoms with Crippen LogP contribution in [0.4, 0.5) is 5.69 Å². The van der Waals surface area contributed by atoms with Gasteiger partial charge in [-0.05, 0) is 45.0 Å². The van der Waals surface area contributed by atoms with Gasteiger partial charge in [-0.2, -0.15) is 0 Å². The van der Waals surface area contributed by atoms with Gasteiger partial charge in [-0.3, -0.25) is 4.90 Å². The number of aromatic nitrogens is 2. The second-order valence-electron chi connectivity index (χ2n) is 5.17. The number of anilines is 1. The molecule has 0 atom stereocenters. The Morgan fingerprint density at radius 1 is 1.22 bits per heavy atom. The molecule has 1 saturated heterocycles. The van der Waals surface area contributed by atoms with Crippen LogP contribution in [0.5, 0.6) is 0 Å². The van der Waals surface area contributed by atoms with Crippen molar-refractivity contribution in [3.63, 3.8) is 0 Å². The number of pyridine rings is 1. The Balaban J connectivity index is 1.94. The number of nitrogens with two attached hydrogens (primary N) is 1. The lowest BCUT2D eigenvalue weighted by Crippen LogP contribution is -2.29. The molecule has 0 spiro atoms. The van der Waals surface area contributed by atoms with Gasteiger partial charge >= 0.3 is 0 Å². The van der Waals surface area contributed by atoms with Gasteiger partial charge < -0.3 is 10.1 Å². The largest absolute Gasteiger partial charge is 0.398 e. The Morgan fingerprint density at radius 2 is 2.00 bits per heavy atom. The maximum absolute atomic E-state index is 5.87. The van der Waals surface area contributed by atoms with E-state index in [1.54, 1.807) is 0 Å². The summed E-state index contributed by atoms with van der Waals surface area (Å²) in [5, 5.41) is 0. The standard InChI is InChI=1S/C14H20N4/c1-11-13(10-17-7-3-2-4-8-17)18-9-12(15)5-6-14(18)16-11/h5-6,9H,2-4,7-8,10,15H2,1H3. The zero-order valence-electron chi connectivity index (χ0n) is 10.9. The van der Waals surface area contributed by atoms with Gasteiger partial charge in [-0.15, -0.1) is 0 Å². The number of nitrogens with zero attached hydrogens (tertiary/aromatic N) is 3. The van der Waals surface area contributed by atoms with Crippen LogP contribution in [0.3, 0.4) is 0 Å². The molecule has 1 fully saturated rings. The molecule has 0 aliphatic carbocycles. The molecule has 2 N–H and O–H groups in total. The van der Waals surface area contributed by atoms with Crippen molar-refractivity contribution in [1.82, 2.24) is 14.3 Å². The number of fused-ring (bicyclic) bond motifs is 1. The fraction of sp³-hybridized carbons (Fsp3) is 0.500. The molecule has 18 heavy (non-hydrogen) atoms. The number of aryl methyl sites for hydroxylation is 1. The van der Waals surface area contributed by atoms with Crippen LogP contribution in [0.15, 0.2) is 18.3 Å². The first-order chi connectivity index (χ1) is 8.74. The molecule has 0 unspecified atom stereocenters. The van der Waals surface area contributed by atoms with Crippen molar-refractivity contribution in [2.75, 3.05) is 18.8 Å². The molecule has 4 nitrogen and oxygen atoms in total. The maximum atomic E-state index is 5.87. The minimum Gasteiger partial charge on any atom is -0.398 e. The van der Waals surface area contributed by atoms with E-state index in [2.05, 4.69) is 21.2 Å². The highest BCUT2D eigenvalue weighted by molar-refractivity contribution is 5.50. The van der Waals surface area contributed by atoms with Gasteiger partial charge in [-0.25, -0.2) is 4.98 Å². The fourth-order valence-corrected chi connectivity index (χ4v) is 2.75. The molecule has 2 aromatic rings. The van der Waals surface area contributed by atoms with E-state index in [-0.39, 0.29) is 0 Å². The average molecular weight is 244 g/mol. The Labute approximate surface area is 107 Å². The predicted octanol–water partition coefficient (Wildman–Crippen LogP) is 2.21. The van der Waals surface area contributed by atoms with E-state index in [9.17, 15) is 0 Å². The van der Waals surface area contributed by atoms with Crippen LogP contribution in [-0.4, -0.2) is 27.4 Å². The van der Waals surface area contributed by atoms with Gasteiger partial charge in [0, 0.05) is 18.4 Å². The van der Waals surface area contributed by atoms with Crippen molar-refractivity contribution in [1.29, 1.82) is 0 Å². The van der Waals surface area contributed by atoms with Crippen molar-refractivity contribution in [3.05, 3.63) is 29.7 Å². The average Bonchev–Trinajstić information content (AvgIpc) is 2.67. The third-order valence-electron chi connectivity index (χ3n) is 3.76. The van der Waals surface area contributed by atoms with E-state index < -0.39 is 0 Å². The summed E-state index contributed by atoms with van der Waals surface area (Å²) >= 11 is 0. The molecule has 3 rings (SSSR count). The molecule has 96 valence electrons. The first kappa shape index (κ1) is 11.5. The minimum absolute atomic E-state index is 0.791. The van der Waals surface area contributed by atoms with Crippen LogP contribution in [-0.2, 0) is 6.54 Å². The monoisotopic (exact) mass is 244 g/mol. The van der Waals surface area contributed by atoms with Crippen LogP contribution >= 0.6 is 0 Å². The Bertz CT molecular complexity index is 552. The van der Waals surface area contributed by atoms with Crippen molar-refractivity contribution in [2.45, 2.75) is 32.7 Å². The molecule has 2 aromatic heterocycles. The third-order valence-corrected chi connectivity index (χ3v) is 3.76. The number of nitrogen functional groups attached to an aromatic ring is 1. The number of likely N-dealkylation sites (tertiary alicyclic amines) is 1. The number of hydrogen-bond donors (Lipinski definition) is 1. The topological polar surface area (TPSA) is 46.6 Å². The highest BCUT2D eigenvalue weighted by Gasteiger charge is 2.15. The second-order valence-corrected chi connectivity index (χ2v) is 5.17. The summed E-state index contributed by atoms with van der Waals surface area (Å²) in [5.74, 6) is 0. The molecule has 0 radical (unpaired) electrons. The summed E-state index contributed by atoms with van der Waals surface area (Å²) in [7, 11) is 0. The van der Waals surface area contributed by atoms with E-state index in [1.807, 2.05) is 18.3 Å². The van der Waals surface area contributed by atoms with E-state index in [0.29, 0.717) is 0 Å². The normalized spacial score (nSPS) is 17.4. The van der Waals surface area contributed by atoms with Crippen LogP contribution in [0.25, 0.3) is 5.65 Å². The summed E-state index contributed by atoms with van der Waals surface area (Å²) in [6.07, 6.45) is 5.99. The Kier molecular flexibility index (Phi) is 2.96. The lowest BCUT2D eigenvalue weighted by atomic mass is 10.1. The zero-order valence-corrected chi connectivity index (χ0v) is 10.9. The third kappa shape index (κ3) is 2.08.